The van der Waals surface area contributed by atoms with Crippen LogP contribution in [0.1, 0.15) is 32.6 Å². The van der Waals surface area contributed by atoms with Crippen LogP contribution in [0.3, 0.4) is 0 Å². The Morgan fingerprint density at radius 3 is 2.43 bits per heavy atom. The molecule has 2 N–H and O–H groups in total. The van der Waals surface area contributed by atoms with Gasteiger partial charge in [-0.05, 0) is 49.4 Å². The van der Waals surface area contributed by atoms with Gasteiger partial charge in [-0.2, -0.15) is 4.72 Å². The largest absolute Gasteiger partial charge is 0.440 e. The maximum Gasteiger partial charge on any atom is 0.242 e. The number of carbonyl (C=O) groups excluding carboxylic acids is 1. The van der Waals surface area contributed by atoms with Gasteiger partial charge in [-0.25, -0.2) is 13.4 Å². The molecule has 0 saturated heterocycles. The molecule has 3 rings (SSSR count). The zero-order chi connectivity index (χ0) is 20.5. The highest BCUT2D eigenvalue weighted by Gasteiger charge is 2.22. The monoisotopic (exact) mass is 421 g/mol. The van der Waals surface area contributed by atoms with Gasteiger partial charge in [0.2, 0.25) is 15.9 Å². The molecule has 3 aromatic rings. The van der Waals surface area contributed by atoms with E-state index in [1.807, 2.05) is 13.8 Å². The summed E-state index contributed by atoms with van der Waals surface area (Å²) in [6, 6.07) is 9.78. The summed E-state index contributed by atoms with van der Waals surface area (Å²) in [5, 5.41) is 3.11. The summed E-state index contributed by atoms with van der Waals surface area (Å²) in [6.45, 7) is 5.41. The Morgan fingerprint density at radius 1 is 1.11 bits per heavy atom. The van der Waals surface area contributed by atoms with Crippen LogP contribution in [0.25, 0.3) is 11.1 Å². The Kier molecular flexibility index (Phi) is 5.74. The molecule has 0 saturated carbocycles. The Hall–Kier alpha value is -2.42. The van der Waals surface area contributed by atoms with E-state index in [9.17, 15) is 13.2 Å². The number of nitrogens with one attached hydrogen (secondary N) is 2. The lowest BCUT2D eigenvalue weighted by atomic mass is 10.2. The van der Waals surface area contributed by atoms with Gasteiger partial charge in [-0.3, -0.25) is 4.79 Å². The fourth-order valence-corrected chi connectivity index (χ4v) is 3.82. The van der Waals surface area contributed by atoms with Crippen molar-refractivity contribution in [1.82, 2.24) is 9.71 Å². The van der Waals surface area contributed by atoms with E-state index in [2.05, 4.69) is 15.0 Å². The molecule has 0 unspecified atom stereocenters. The lowest BCUT2D eigenvalue weighted by Crippen LogP contribution is -2.41. The molecule has 0 fully saturated rings. The highest BCUT2D eigenvalue weighted by molar-refractivity contribution is 7.89. The van der Waals surface area contributed by atoms with E-state index in [4.69, 9.17) is 16.0 Å². The van der Waals surface area contributed by atoms with Crippen molar-refractivity contribution in [3.05, 3.63) is 53.4 Å². The Morgan fingerprint density at radius 2 is 1.79 bits per heavy atom. The SMILES string of the molecule is CC(C)c1nc2cc(NC(=O)[C@H](C)NS(=O)(=O)c3ccc(Cl)cc3)ccc2o1. The van der Waals surface area contributed by atoms with E-state index < -0.39 is 22.0 Å². The molecule has 1 aromatic heterocycles. The van der Waals surface area contributed by atoms with Crippen LogP contribution in [-0.2, 0) is 14.8 Å². The number of benzene rings is 2. The van der Waals surface area contributed by atoms with Crippen molar-refractivity contribution < 1.29 is 17.6 Å². The summed E-state index contributed by atoms with van der Waals surface area (Å²) in [5.74, 6) is 0.264. The van der Waals surface area contributed by atoms with E-state index >= 15 is 0 Å². The molecule has 2 aromatic carbocycles. The number of hydrogen-bond acceptors (Lipinski definition) is 5. The van der Waals surface area contributed by atoms with Gasteiger partial charge in [0.15, 0.2) is 11.5 Å². The average molecular weight is 422 g/mol. The number of fused-ring (bicyclic) bond motifs is 1. The van der Waals surface area contributed by atoms with Crippen LogP contribution in [0, 0.1) is 0 Å². The first kappa shape index (κ1) is 20.3. The summed E-state index contributed by atoms with van der Waals surface area (Å²) < 4.78 is 32.8. The summed E-state index contributed by atoms with van der Waals surface area (Å²) in [5.41, 5.74) is 1.74. The highest BCUT2D eigenvalue weighted by atomic mass is 35.5. The second-order valence-corrected chi connectivity index (χ2v) is 8.83. The van der Waals surface area contributed by atoms with Crippen molar-refractivity contribution in [2.75, 3.05) is 5.32 Å². The molecule has 7 nitrogen and oxygen atoms in total. The molecule has 9 heteroatoms. The topological polar surface area (TPSA) is 101 Å². The van der Waals surface area contributed by atoms with Gasteiger partial charge in [-0.15, -0.1) is 0 Å². The van der Waals surface area contributed by atoms with Gasteiger partial charge in [0.1, 0.15) is 5.52 Å². The molecule has 148 valence electrons. The second-order valence-electron chi connectivity index (χ2n) is 6.68. The molecule has 1 amide bonds. The lowest BCUT2D eigenvalue weighted by Gasteiger charge is -2.14. The molecular weight excluding hydrogens is 402 g/mol. The van der Waals surface area contributed by atoms with Crippen LogP contribution in [-0.4, -0.2) is 25.4 Å². The predicted molar refractivity (Wildman–Crippen MR) is 108 cm³/mol. The zero-order valence-electron chi connectivity index (χ0n) is 15.6. The first-order valence-electron chi connectivity index (χ1n) is 8.65. The molecule has 0 aliphatic heterocycles. The molecule has 1 atom stereocenters. The number of amides is 1. The third-order valence-electron chi connectivity index (χ3n) is 4.01. The molecule has 0 spiro atoms. The molecule has 0 bridgehead atoms. The number of sulfonamides is 1. The molecule has 28 heavy (non-hydrogen) atoms. The standard InChI is InChI=1S/C19H20ClN3O4S/c1-11(2)19-22-16-10-14(6-9-17(16)27-19)21-18(24)12(3)23-28(25,26)15-7-4-13(20)5-8-15/h4-12,23H,1-3H3,(H,21,24)/t12-/m0/s1. The van der Waals surface area contributed by atoms with Crippen molar-refractivity contribution in [2.24, 2.45) is 0 Å². The lowest BCUT2D eigenvalue weighted by molar-refractivity contribution is -0.117. The maximum absolute atomic E-state index is 12.4. The number of anilines is 1. The van der Waals surface area contributed by atoms with Crippen LogP contribution in [0.4, 0.5) is 5.69 Å². The average Bonchev–Trinajstić information content (AvgIpc) is 3.05. The van der Waals surface area contributed by atoms with Gasteiger partial charge in [0.25, 0.3) is 0 Å². The van der Waals surface area contributed by atoms with E-state index in [-0.39, 0.29) is 10.8 Å². The summed E-state index contributed by atoms with van der Waals surface area (Å²) >= 11 is 5.78. The molecule has 0 aliphatic carbocycles. The van der Waals surface area contributed by atoms with E-state index in [0.29, 0.717) is 27.7 Å². The van der Waals surface area contributed by atoms with Crippen molar-refractivity contribution in [1.29, 1.82) is 0 Å². The Bertz CT molecular complexity index is 1110. The van der Waals surface area contributed by atoms with Crippen molar-refractivity contribution in [2.45, 2.75) is 37.6 Å². The summed E-state index contributed by atoms with van der Waals surface area (Å²) in [6.07, 6.45) is 0. The number of aromatic nitrogens is 1. The van der Waals surface area contributed by atoms with E-state index in [0.717, 1.165) is 0 Å². The molecule has 1 heterocycles. The van der Waals surface area contributed by atoms with Gasteiger partial charge < -0.3 is 9.73 Å². The zero-order valence-corrected chi connectivity index (χ0v) is 17.1. The van der Waals surface area contributed by atoms with Gasteiger partial charge >= 0.3 is 0 Å². The molecule has 0 aliphatic rings. The van der Waals surface area contributed by atoms with E-state index in [1.54, 1.807) is 18.2 Å². The minimum atomic E-state index is -3.85. The van der Waals surface area contributed by atoms with Crippen LogP contribution in [0.15, 0.2) is 51.8 Å². The number of oxazole rings is 1. The normalized spacial score (nSPS) is 13.0. The minimum absolute atomic E-state index is 0.0294. The smallest absolute Gasteiger partial charge is 0.242 e. The maximum atomic E-state index is 12.4. The molecular formula is C19H20ClN3O4S. The van der Waals surface area contributed by atoms with E-state index in [1.165, 1.54) is 31.2 Å². The van der Waals surface area contributed by atoms with Crippen LogP contribution in [0.5, 0.6) is 0 Å². The van der Waals surface area contributed by atoms with Crippen LogP contribution >= 0.6 is 11.6 Å². The third-order valence-corrected chi connectivity index (χ3v) is 5.82. The highest BCUT2D eigenvalue weighted by Crippen LogP contribution is 2.24. The predicted octanol–water partition coefficient (Wildman–Crippen LogP) is 3.91. The van der Waals surface area contributed by atoms with Crippen LogP contribution < -0.4 is 10.0 Å². The fourth-order valence-electron chi connectivity index (χ4n) is 2.49. The number of rotatable bonds is 6. The minimum Gasteiger partial charge on any atom is -0.440 e. The summed E-state index contributed by atoms with van der Waals surface area (Å²) in [7, 11) is -3.85. The first-order valence-corrected chi connectivity index (χ1v) is 10.5. The van der Waals surface area contributed by atoms with Crippen molar-refractivity contribution in [3.8, 4) is 0 Å². The van der Waals surface area contributed by atoms with Crippen molar-refractivity contribution in [3.63, 3.8) is 0 Å². The fraction of sp³-hybridized carbons (Fsp3) is 0.263. The van der Waals surface area contributed by atoms with Gasteiger partial charge in [0, 0.05) is 16.6 Å². The van der Waals surface area contributed by atoms with Crippen molar-refractivity contribution >= 4 is 44.3 Å². The quantitative estimate of drug-likeness (QED) is 0.628. The number of halogens is 1. The molecule has 0 radical (unpaired) electrons. The third kappa shape index (κ3) is 4.52. The summed E-state index contributed by atoms with van der Waals surface area (Å²) in [4.78, 5) is 16.8. The Balaban J connectivity index is 1.71. The number of hydrogen-bond donors (Lipinski definition) is 2. The number of carbonyl (C=O) groups is 1. The van der Waals surface area contributed by atoms with Crippen LogP contribution in [0.2, 0.25) is 5.02 Å². The first-order chi connectivity index (χ1) is 13.2. The van der Waals surface area contributed by atoms with Gasteiger partial charge in [0.05, 0.1) is 10.9 Å². The van der Waals surface area contributed by atoms with Gasteiger partial charge in [-0.1, -0.05) is 25.4 Å². The number of nitrogens with zero attached hydrogens (tertiary/aromatic N) is 1. The second kappa shape index (κ2) is 7.90. The Labute approximate surface area is 168 Å².